The zero-order valence-corrected chi connectivity index (χ0v) is 12.0. The average Bonchev–Trinajstić information content (AvgIpc) is 3.07. The summed E-state index contributed by atoms with van der Waals surface area (Å²) >= 11 is 2.75. The molecule has 6 nitrogen and oxygen atoms in total. The third-order valence-corrected chi connectivity index (χ3v) is 4.25. The summed E-state index contributed by atoms with van der Waals surface area (Å²) in [4.78, 5) is 35.1. The number of thiophene rings is 1. The Kier molecular flexibility index (Phi) is 3.33. The summed E-state index contributed by atoms with van der Waals surface area (Å²) in [5, 5.41) is 4.87. The van der Waals surface area contributed by atoms with Gasteiger partial charge in [-0.3, -0.25) is 4.79 Å². The van der Waals surface area contributed by atoms with E-state index < -0.39 is 5.97 Å². The second-order valence-electron chi connectivity index (χ2n) is 3.80. The first-order chi connectivity index (χ1) is 9.70. The van der Waals surface area contributed by atoms with Gasteiger partial charge in [0, 0.05) is 22.5 Å². The Labute approximate surface area is 121 Å². The fraction of sp³-hybridized carbons (Fsp3) is 0.167. The van der Waals surface area contributed by atoms with Gasteiger partial charge in [-0.25, -0.2) is 14.8 Å². The van der Waals surface area contributed by atoms with Crippen molar-refractivity contribution < 1.29 is 9.53 Å². The van der Waals surface area contributed by atoms with Gasteiger partial charge in [0.25, 0.3) is 5.56 Å². The minimum atomic E-state index is -0.629. The second-order valence-corrected chi connectivity index (χ2v) is 5.55. The van der Waals surface area contributed by atoms with E-state index >= 15 is 0 Å². The highest BCUT2D eigenvalue weighted by Gasteiger charge is 2.17. The molecule has 20 heavy (non-hydrogen) atoms. The molecule has 0 radical (unpaired) electrons. The van der Waals surface area contributed by atoms with Crippen molar-refractivity contribution in [1.82, 2.24) is 15.0 Å². The number of thiazole rings is 1. The molecule has 0 aromatic carbocycles. The molecule has 0 aliphatic carbocycles. The molecule has 0 atom stereocenters. The molecule has 0 fully saturated rings. The lowest BCUT2D eigenvalue weighted by Crippen LogP contribution is -2.17. The molecular formula is C12H9N3O3S2. The standard InChI is InChI=1S/C12H9N3O3S2/c1-2-18-12(17)8-14-9(16)7-6(5-20-11(7)15-8)10-13-3-4-19-10/h3-5H,2H2,1H3,(H,14,15,16). The number of hydrogen-bond acceptors (Lipinski definition) is 7. The van der Waals surface area contributed by atoms with Crippen molar-refractivity contribution in [3.05, 3.63) is 33.1 Å². The molecule has 0 aliphatic heterocycles. The molecule has 0 unspecified atom stereocenters. The van der Waals surface area contributed by atoms with Gasteiger partial charge in [-0.1, -0.05) is 0 Å². The Morgan fingerprint density at radius 2 is 2.30 bits per heavy atom. The predicted molar refractivity (Wildman–Crippen MR) is 77.3 cm³/mol. The topological polar surface area (TPSA) is 84.9 Å². The van der Waals surface area contributed by atoms with Crippen LogP contribution in [0.5, 0.6) is 0 Å². The summed E-state index contributed by atoms with van der Waals surface area (Å²) in [7, 11) is 0. The highest BCUT2D eigenvalue weighted by Crippen LogP contribution is 2.31. The van der Waals surface area contributed by atoms with Crippen molar-refractivity contribution in [3.8, 4) is 10.6 Å². The molecule has 8 heteroatoms. The monoisotopic (exact) mass is 307 g/mol. The third-order valence-electron chi connectivity index (χ3n) is 2.58. The number of nitrogens with zero attached hydrogens (tertiary/aromatic N) is 2. The van der Waals surface area contributed by atoms with Crippen LogP contribution >= 0.6 is 22.7 Å². The van der Waals surface area contributed by atoms with Gasteiger partial charge in [0.1, 0.15) is 9.84 Å². The number of aromatic amines is 1. The average molecular weight is 307 g/mol. The number of H-pyrrole nitrogens is 1. The van der Waals surface area contributed by atoms with Crippen LogP contribution in [0.15, 0.2) is 21.8 Å². The number of fused-ring (bicyclic) bond motifs is 1. The van der Waals surface area contributed by atoms with Crippen LogP contribution in [-0.4, -0.2) is 27.5 Å². The molecule has 0 bridgehead atoms. The number of carbonyl (C=O) groups is 1. The van der Waals surface area contributed by atoms with E-state index in [0.717, 1.165) is 10.6 Å². The molecule has 3 heterocycles. The maximum absolute atomic E-state index is 12.2. The van der Waals surface area contributed by atoms with Crippen LogP contribution in [0.1, 0.15) is 17.5 Å². The van der Waals surface area contributed by atoms with Crippen LogP contribution in [0.25, 0.3) is 20.8 Å². The number of rotatable bonds is 3. The van der Waals surface area contributed by atoms with E-state index in [4.69, 9.17) is 4.74 Å². The van der Waals surface area contributed by atoms with Crippen LogP contribution in [0, 0.1) is 0 Å². The van der Waals surface area contributed by atoms with E-state index in [1.165, 1.54) is 22.7 Å². The lowest BCUT2D eigenvalue weighted by molar-refractivity contribution is 0.0512. The quantitative estimate of drug-likeness (QED) is 0.750. The van der Waals surface area contributed by atoms with E-state index in [2.05, 4.69) is 15.0 Å². The Hall–Kier alpha value is -2.06. The van der Waals surface area contributed by atoms with Gasteiger partial charge in [0.2, 0.25) is 5.82 Å². The van der Waals surface area contributed by atoms with E-state index in [1.54, 1.807) is 13.1 Å². The Bertz CT molecular complexity index is 820. The summed E-state index contributed by atoms with van der Waals surface area (Å²) in [5.74, 6) is -0.701. The first kappa shape index (κ1) is 12.9. The van der Waals surface area contributed by atoms with Crippen molar-refractivity contribution in [2.75, 3.05) is 6.61 Å². The fourth-order valence-electron chi connectivity index (χ4n) is 1.76. The highest BCUT2D eigenvalue weighted by atomic mass is 32.1. The lowest BCUT2D eigenvalue weighted by Gasteiger charge is -2.00. The summed E-state index contributed by atoms with van der Waals surface area (Å²) in [6, 6.07) is 0. The van der Waals surface area contributed by atoms with Crippen LogP contribution < -0.4 is 5.56 Å². The first-order valence-corrected chi connectivity index (χ1v) is 7.55. The molecule has 0 saturated heterocycles. The minimum Gasteiger partial charge on any atom is -0.460 e. The molecule has 3 aromatic rings. The Morgan fingerprint density at radius 3 is 3.00 bits per heavy atom. The fourth-order valence-corrected chi connectivity index (χ4v) is 3.42. The highest BCUT2D eigenvalue weighted by molar-refractivity contribution is 7.18. The van der Waals surface area contributed by atoms with Crippen molar-refractivity contribution >= 4 is 38.9 Å². The van der Waals surface area contributed by atoms with Crippen molar-refractivity contribution in [2.24, 2.45) is 0 Å². The molecular weight excluding hydrogens is 298 g/mol. The summed E-state index contributed by atoms with van der Waals surface area (Å²) in [5.41, 5.74) is 0.383. The van der Waals surface area contributed by atoms with E-state index in [0.29, 0.717) is 10.2 Å². The van der Waals surface area contributed by atoms with Gasteiger partial charge in [-0.05, 0) is 6.92 Å². The smallest absolute Gasteiger partial charge is 0.374 e. The van der Waals surface area contributed by atoms with Gasteiger partial charge >= 0.3 is 5.97 Å². The molecule has 102 valence electrons. The lowest BCUT2D eigenvalue weighted by atomic mass is 10.2. The number of ether oxygens (including phenoxy) is 1. The number of hydrogen-bond donors (Lipinski definition) is 1. The molecule has 1 N–H and O–H groups in total. The van der Waals surface area contributed by atoms with Crippen molar-refractivity contribution in [3.63, 3.8) is 0 Å². The number of nitrogens with one attached hydrogen (secondary N) is 1. The zero-order chi connectivity index (χ0) is 14.1. The Balaban J connectivity index is 2.17. The van der Waals surface area contributed by atoms with Gasteiger partial charge < -0.3 is 9.72 Å². The van der Waals surface area contributed by atoms with Crippen LogP contribution in [0.2, 0.25) is 0 Å². The molecule has 0 aliphatic rings. The maximum Gasteiger partial charge on any atom is 0.374 e. The Morgan fingerprint density at radius 1 is 1.45 bits per heavy atom. The normalized spacial score (nSPS) is 10.8. The van der Waals surface area contributed by atoms with Crippen molar-refractivity contribution in [2.45, 2.75) is 6.92 Å². The van der Waals surface area contributed by atoms with Crippen LogP contribution in [-0.2, 0) is 4.74 Å². The van der Waals surface area contributed by atoms with Gasteiger partial charge in [0.05, 0.1) is 12.0 Å². The van der Waals surface area contributed by atoms with Crippen LogP contribution in [0.4, 0.5) is 0 Å². The zero-order valence-electron chi connectivity index (χ0n) is 10.4. The summed E-state index contributed by atoms with van der Waals surface area (Å²) in [6.07, 6.45) is 1.68. The summed E-state index contributed by atoms with van der Waals surface area (Å²) < 4.78 is 4.83. The predicted octanol–water partition coefficient (Wildman–Crippen LogP) is 2.28. The first-order valence-electron chi connectivity index (χ1n) is 5.79. The minimum absolute atomic E-state index is 0.0723. The number of carbonyl (C=O) groups excluding carboxylic acids is 1. The third kappa shape index (κ3) is 2.12. The SMILES string of the molecule is CCOC(=O)c1nc2scc(-c3nccs3)c2c(=O)[nH]1. The van der Waals surface area contributed by atoms with Gasteiger partial charge in [0.15, 0.2) is 0 Å². The van der Waals surface area contributed by atoms with Gasteiger partial charge in [-0.2, -0.15) is 0 Å². The summed E-state index contributed by atoms with van der Waals surface area (Å²) in [6.45, 7) is 1.93. The molecule has 0 spiro atoms. The van der Waals surface area contributed by atoms with E-state index in [9.17, 15) is 9.59 Å². The number of aromatic nitrogens is 3. The maximum atomic E-state index is 12.2. The largest absolute Gasteiger partial charge is 0.460 e. The van der Waals surface area contributed by atoms with Crippen LogP contribution in [0.3, 0.4) is 0 Å². The second kappa shape index (κ2) is 5.14. The molecule has 0 amide bonds. The van der Waals surface area contributed by atoms with E-state index in [1.807, 2.05) is 10.8 Å². The molecule has 3 rings (SSSR count). The number of esters is 1. The molecule has 3 aromatic heterocycles. The van der Waals surface area contributed by atoms with Gasteiger partial charge in [-0.15, -0.1) is 22.7 Å². The molecule has 0 saturated carbocycles. The van der Waals surface area contributed by atoms with E-state index in [-0.39, 0.29) is 18.0 Å². The van der Waals surface area contributed by atoms with Crippen molar-refractivity contribution in [1.29, 1.82) is 0 Å².